The van der Waals surface area contributed by atoms with E-state index in [4.69, 9.17) is 4.74 Å². The number of hydrogen-bond donors (Lipinski definition) is 1. The summed E-state index contributed by atoms with van der Waals surface area (Å²) >= 11 is 0. The Bertz CT molecular complexity index is 535. The summed E-state index contributed by atoms with van der Waals surface area (Å²) < 4.78 is 16.5. The van der Waals surface area contributed by atoms with Crippen molar-refractivity contribution in [3.63, 3.8) is 0 Å². The Morgan fingerprint density at radius 3 is 2.43 bits per heavy atom. The van der Waals surface area contributed by atoms with Crippen molar-refractivity contribution in [2.45, 2.75) is 32.4 Å². The van der Waals surface area contributed by atoms with Crippen LogP contribution in [0.25, 0.3) is 0 Å². The molecule has 0 fully saturated rings. The SMILES string of the molecule is CCC[S@](=O)CCC(C(=O)OC)N(Cc1ccccc1)C(=O)O. The molecule has 6 nitrogen and oxygen atoms in total. The lowest BCUT2D eigenvalue weighted by Gasteiger charge is -2.27. The quantitative estimate of drug-likeness (QED) is 0.697. The normalized spacial score (nSPS) is 13.1. The Morgan fingerprint density at radius 1 is 1.26 bits per heavy atom. The van der Waals surface area contributed by atoms with E-state index in [9.17, 15) is 18.9 Å². The molecule has 0 saturated carbocycles. The fourth-order valence-electron chi connectivity index (χ4n) is 2.20. The average Bonchev–Trinajstić information content (AvgIpc) is 2.54. The predicted molar refractivity (Wildman–Crippen MR) is 88.6 cm³/mol. The van der Waals surface area contributed by atoms with Crippen LogP contribution in [0, 0.1) is 0 Å². The molecular weight excluding hydrogens is 318 g/mol. The minimum atomic E-state index is -1.20. The second kappa shape index (κ2) is 9.99. The molecule has 0 heterocycles. The van der Waals surface area contributed by atoms with Gasteiger partial charge in [-0.25, -0.2) is 9.59 Å². The van der Waals surface area contributed by atoms with E-state index in [2.05, 4.69) is 0 Å². The third kappa shape index (κ3) is 6.40. The van der Waals surface area contributed by atoms with Crippen LogP contribution in [-0.2, 0) is 26.9 Å². The minimum Gasteiger partial charge on any atom is -0.467 e. The maximum absolute atomic E-state index is 12.0. The number of esters is 1. The Kier molecular flexibility index (Phi) is 8.32. The number of hydrogen-bond acceptors (Lipinski definition) is 4. The molecule has 1 unspecified atom stereocenters. The van der Waals surface area contributed by atoms with E-state index in [1.54, 1.807) is 24.3 Å². The molecule has 0 bridgehead atoms. The fraction of sp³-hybridized carbons (Fsp3) is 0.500. The zero-order valence-electron chi connectivity index (χ0n) is 13.4. The first kappa shape index (κ1) is 19.2. The molecule has 0 spiro atoms. The Morgan fingerprint density at radius 2 is 1.91 bits per heavy atom. The van der Waals surface area contributed by atoms with E-state index in [-0.39, 0.29) is 18.7 Å². The Balaban J connectivity index is 2.88. The monoisotopic (exact) mass is 341 g/mol. The molecule has 0 aliphatic rings. The lowest BCUT2D eigenvalue weighted by atomic mass is 10.1. The standard InChI is InChI=1S/C16H23NO5S/c1-3-10-23(21)11-9-14(15(18)22-2)17(16(19)20)12-13-7-5-4-6-8-13/h4-8,14H,3,9-12H2,1-2H3,(H,19,20)/t14?,23-/m0/s1. The summed E-state index contributed by atoms with van der Waals surface area (Å²) in [6, 6.07) is 8.07. The number of carboxylic acid groups (broad SMARTS) is 1. The van der Waals surface area contributed by atoms with Gasteiger partial charge in [0.15, 0.2) is 0 Å². The second-order valence-electron chi connectivity index (χ2n) is 5.07. The van der Waals surface area contributed by atoms with Gasteiger partial charge in [-0.05, 0) is 18.4 Å². The van der Waals surface area contributed by atoms with Crippen LogP contribution in [0.1, 0.15) is 25.3 Å². The highest BCUT2D eigenvalue weighted by molar-refractivity contribution is 7.84. The number of benzene rings is 1. The zero-order valence-corrected chi connectivity index (χ0v) is 14.3. The van der Waals surface area contributed by atoms with Gasteiger partial charge in [0.25, 0.3) is 0 Å². The van der Waals surface area contributed by atoms with Gasteiger partial charge in [-0.1, -0.05) is 37.3 Å². The highest BCUT2D eigenvalue weighted by Gasteiger charge is 2.30. The van der Waals surface area contributed by atoms with Gasteiger partial charge in [-0.15, -0.1) is 0 Å². The van der Waals surface area contributed by atoms with Crippen molar-refractivity contribution in [1.29, 1.82) is 0 Å². The van der Waals surface area contributed by atoms with Crippen LogP contribution < -0.4 is 0 Å². The third-order valence-electron chi connectivity index (χ3n) is 3.34. The van der Waals surface area contributed by atoms with E-state index in [1.165, 1.54) is 7.11 Å². The highest BCUT2D eigenvalue weighted by atomic mass is 32.2. The molecule has 0 aromatic heterocycles. The van der Waals surface area contributed by atoms with Gasteiger partial charge < -0.3 is 9.84 Å². The van der Waals surface area contributed by atoms with E-state index < -0.39 is 28.9 Å². The molecule has 23 heavy (non-hydrogen) atoms. The molecule has 0 aliphatic heterocycles. The van der Waals surface area contributed by atoms with Crippen molar-refractivity contribution in [3.8, 4) is 0 Å². The molecule has 7 heteroatoms. The van der Waals surface area contributed by atoms with Crippen LogP contribution in [0.2, 0.25) is 0 Å². The third-order valence-corrected chi connectivity index (χ3v) is 4.90. The smallest absolute Gasteiger partial charge is 0.408 e. The number of methoxy groups -OCH3 is 1. The number of carbonyl (C=O) groups is 2. The van der Waals surface area contributed by atoms with Crippen LogP contribution in [-0.4, -0.2) is 50.9 Å². The molecule has 1 aromatic carbocycles. The topological polar surface area (TPSA) is 83.9 Å². The van der Waals surface area contributed by atoms with Crippen LogP contribution in [0.15, 0.2) is 30.3 Å². The van der Waals surface area contributed by atoms with E-state index in [1.807, 2.05) is 13.0 Å². The maximum Gasteiger partial charge on any atom is 0.408 e. The van der Waals surface area contributed by atoms with Crippen molar-refractivity contribution < 1.29 is 23.6 Å². The first-order valence-corrected chi connectivity index (χ1v) is 8.94. The molecule has 0 aliphatic carbocycles. The van der Waals surface area contributed by atoms with Gasteiger partial charge >= 0.3 is 12.1 Å². The van der Waals surface area contributed by atoms with Crippen LogP contribution in [0.5, 0.6) is 0 Å². The van der Waals surface area contributed by atoms with Crippen LogP contribution in [0.3, 0.4) is 0 Å². The summed E-state index contributed by atoms with van der Waals surface area (Å²) in [5.74, 6) is 0.183. The van der Waals surface area contributed by atoms with Crippen molar-refractivity contribution in [1.82, 2.24) is 4.90 Å². The molecule has 0 saturated heterocycles. The fourth-order valence-corrected chi connectivity index (χ4v) is 3.35. The summed E-state index contributed by atoms with van der Waals surface area (Å²) in [5, 5.41) is 9.46. The average molecular weight is 341 g/mol. The summed E-state index contributed by atoms with van der Waals surface area (Å²) in [6.45, 7) is 2.00. The molecular formula is C16H23NO5S. The molecule has 1 amide bonds. The minimum absolute atomic E-state index is 0.0797. The summed E-state index contributed by atoms with van der Waals surface area (Å²) in [6.07, 6.45) is -0.244. The Hall–Kier alpha value is -1.89. The molecule has 1 N–H and O–H groups in total. The first-order chi connectivity index (χ1) is 11.0. The predicted octanol–water partition coefficient (Wildman–Crippen LogP) is 2.26. The first-order valence-electron chi connectivity index (χ1n) is 7.45. The molecule has 0 radical (unpaired) electrons. The van der Waals surface area contributed by atoms with Crippen molar-refractivity contribution in [2.24, 2.45) is 0 Å². The van der Waals surface area contributed by atoms with Gasteiger partial charge in [0.2, 0.25) is 0 Å². The molecule has 1 rings (SSSR count). The lowest BCUT2D eigenvalue weighted by Crippen LogP contribution is -2.45. The molecule has 1 aromatic rings. The van der Waals surface area contributed by atoms with Crippen LogP contribution >= 0.6 is 0 Å². The van der Waals surface area contributed by atoms with Crippen molar-refractivity contribution >= 4 is 22.9 Å². The van der Waals surface area contributed by atoms with Crippen molar-refractivity contribution in [3.05, 3.63) is 35.9 Å². The molecule has 2 atom stereocenters. The number of carbonyl (C=O) groups excluding carboxylic acids is 1. The van der Waals surface area contributed by atoms with Gasteiger partial charge in [-0.2, -0.15) is 0 Å². The number of amides is 1. The summed E-state index contributed by atoms with van der Waals surface area (Å²) in [5.41, 5.74) is 0.776. The van der Waals surface area contributed by atoms with E-state index >= 15 is 0 Å². The van der Waals surface area contributed by atoms with Gasteiger partial charge in [0.05, 0.1) is 7.11 Å². The summed E-state index contributed by atoms with van der Waals surface area (Å²) in [7, 11) is 0.160. The lowest BCUT2D eigenvalue weighted by molar-refractivity contribution is -0.146. The van der Waals surface area contributed by atoms with Gasteiger partial charge in [-0.3, -0.25) is 9.11 Å². The van der Waals surface area contributed by atoms with E-state index in [0.29, 0.717) is 5.75 Å². The highest BCUT2D eigenvalue weighted by Crippen LogP contribution is 2.14. The van der Waals surface area contributed by atoms with Crippen molar-refractivity contribution in [2.75, 3.05) is 18.6 Å². The molecule has 128 valence electrons. The summed E-state index contributed by atoms with van der Waals surface area (Å²) in [4.78, 5) is 24.6. The number of nitrogens with zero attached hydrogens (tertiary/aromatic N) is 1. The van der Waals surface area contributed by atoms with Gasteiger partial charge in [0.1, 0.15) is 6.04 Å². The Labute approximate surface area is 138 Å². The van der Waals surface area contributed by atoms with Gasteiger partial charge in [0, 0.05) is 28.9 Å². The van der Waals surface area contributed by atoms with Crippen LogP contribution in [0.4, 0.5) is 4.79 Å². The maximum atomic E-state index is 12.0. The second-order valence-corrected chi connectivity index (χ2v) is 6.77. The number of ether oxygens (including phenoxy) is 1. The zero-order chi connectivity index (χ0) is 17.2. The van der Waals surface area contributed by atoms with E-state index in [0.717, 1.165) is 16.9 Å². The number of rotatable bonds is 9. The largest absolute Gasteiger partial charge is 0.467 e.